The van der Waals surface area contributed by atoms with Gasteiger partial charge in [-0.2, -0.15) is 0 Å². The summed E-state index contributed by atoms with van der Waals surface area (Å²) in [6.45, 7) is 30.8. The predicted molar refractivity (Wildman–Crippen MR) is 126 cm³/mol. The van der Waals surface area contributed by atoms with Gasteiger partial charge in [-0.25, -0.2) is 0 Å². The maximum Gasteiger partial charge on any atom is 0.136 e. The second-order valence-corrected chi connectivity index (χ2v) is 5.80. The van der Waals surface area contributed by atoms with Gasteiger partial charge in [0.1, 0.15) is 5.78 Å². The van der Waals surface area contributed by atoms with Crippen LogP contribution in [-0.4, -0.2) is 5.78 Å². The van der Waals surface area contributed by atoms with Crippen LogP contribution in [0.15, 0.2) is 23.3 Å². The third kappa shape index (κ3) is 28.0. The molecule has 0 N–H and O–H groups in total. The van der Waals surface area contributed by atoms with E-state index in [4.69, 9.17) is 0 Å². The maximum atomic E-state index is 11.6. The zero-order valence-electron chi connectivity index (χ0n) is 20.9. The molecule has 0 aliphatic rings. The van der Waals surface area contributed by atoms with E-state index in [-0.39, 0.29) is 0 Å². The van der Waals surface area contributed by atoms with E-state index < -0.39 is 0 Å². The number of hydrogen-bond donors (Lipinski definition) is 0. The van der Waals surface area contributed by atoms with E-state index >= 15 is 0 Å². The Morgan fingerprint density at radius 1 is 0.846 bits per heavy atom. The Hall–Kier alpha value is -0.850. The molecule has 0 aromatic carbocycles. The van der Waals surface area contributed by atoms with Gasteiger partial charge >= 0.3 is 0 Å². The molecule has 26 heavy (non-hydrogen) atoms. The number of rotatable bonds is 8. The zero-order valence-corrected chi connectivity index (χ0v) is 20.9. The van der Waals surface area contributed by atoms with Gasteiger partial charge < -0.3 is 0 Å². The van der Waals surface area contributed by atoms with Gasteiger partial charge in [0.15, 0.2) is 0 Å². The molecule has 0 saturated carbocycles. The van der Waals surface area contributed by atoms with Crippen LogP contribution in [0.1, 0.15) is 129 Å². The first-order chi connectivity index (χ1) is 12.3. The molecular formula is C25H54O. The van der Waals surface area contributed by atoms with Crippen LogP contribution >= 0.6 is 0 Å². The fraction of sp³-hybridized carbons (Fsp3) is 0.800. The normalized spacial score (nSPS) is 10.7. The van der Waals surface area contributed by atoms with E-state index in [0.717, 1.165) is 18.4 Å². The van der Waals surface area contributed by atoms with Crippen LogP contribution in [-0.2, 0) is 4.79 Å². The summed E-state index contributed by atoms with van der Waals surface area (Å²) in [7, 11) is 0. The SMILES string of the molecule is C=C(C)/C(C)=C(/CC(=O)CC)CC(C)CC.CC.CC.CC.CCCC. The molecule has 0 bridgehead atoms. The number of unbranched alkanes of at least 4 members (excludes halogenated alkanes) is 1. The zero-order chi connectivity index (χ0) is 22.1. The average molecular weight is 371 g/mol. The van der Waals surface area contributed by atoms with Gasteiger partial charge in [0.05, 0.1) is 0 Å². The first-order valence-corrected chi connectivity index (χ1v) is 11.2. The van der Waals surface area contributed by atoms with E-state index in [2.05, 4.69) is 41.2 Å². The van der Waals surface area contributed by atoms with Crippen molar-refractivity contribution >= 4 is 5.78 Å². The van der Waals surface area contributed by atoms with Crippen LogP contribution in [0.5, 0.6) is 0 Å². The van der Waals surface area contributed by atoms with Gasteiger partial charge in [0, 0.05) is 12.8 Å². The van der Waals surface area contributed by atoms with Crippen LogP contribution in [0.3, 0.4) is 0 Å². The third-order valence-corrected chi connectivity index (χ3v) is 3.77. The molecule has 0 rings (SSSR count). The van der Waals surface area contributed by atoms with Crippen molar-refractivity contribution in [2.45, 2.75) is 129 Å². The molecule has 0 heterocycles. The molecule has 0 radical (unpaired) electrons. The second kappa shape index (κ2) is 31.9. The van der Waals surface area contributed by atoms with Crippen LogP contribution in [0.2, 0.25) is 0 Å². The summed E-state index contributed by atoms with van der Waals surface area (Å²) >= 11 is 0. The maximum absolute atomic E-state index is 11.6. The Labute approximate surface area is 168 Å². The molecule has 0 aliphatic heterocycles. The fourth-order valence-corrected chi connectivity index (χ4v) is 1.59. The summed E-state index contributed by atoms with van der Waals surface area (Å²) in [5.41, 5.74) is 3.60. The van der Waals surface area contributed by atoms with Crippen LogP contribution in [0.25, 0.3) is 0 Å². The standard InChI is InChI=1S/C15H26O.C4H10.3C2H6/c1-7-12(5)9-14(10-15(16)8-2)13(6)11(3)4;1-3-4-2;3*1-2/h12H,3,7-10H2,1-2,4-6H3;3-4H2,1-2H3;3*1-2H3/b14-13+;;;;. The van der Waals surface area contributed by atoms with Gasteiger partial charge in [-0.05, 0) is 31.8 Å². The van der Waals surface area contributed by atoms with E-state index in [1.54, 1.807) is 0 Å². The Bertz CT molecular complexity index is 308. The van der Waals surface area contributed by atoms with Gasteiger partial charge in [-0.15, -0.1) is 0 Å². The molecule has 1 heteroatoms. The van der Waals surface area contributed by atoms with Gasteiger partial charge in [0.25, 0.3) is 0 Å². The van der Waals surface area contributed by atoms with Crippen molar-refractivity contribution < 1.29 is 4.79 Å². The molecule has 0 spiro atoms. The number of carbonyl (C=O) groups is 1. The van der Waals surface area contributed by atoms with Crippen LogP contribution in [0, 0.1) is 5.92 Å². The van der Waals surface area contributed by atoms with Crippen molar-refractivity contribution in [3.63, 3.8) is 0 Å². The molecule has 1 unspecified atom stereocenters. The summed E-state index contributed by atoms with van der Waals surface area (Å²) in [6.07, 6.45) is 6.07. The van der Waals surface area contributed by atoms with E-state index in [1.165, 1.54) is 24.0 Å². The quantitative estimate of drug-likeness (QED) is 0.389. The summed E-state index contributed by atoms with van der Waals surface area (Å²) in [4.78, 5) is 11.6. The van der Waals surface area contributed by atoms with Gasteiger partial charge in [-0.1, -0.05) is 113 Å². The Kier molecular flexibility index (Phi) is 44.3. The Morgan fingerprint density at radius 2 is 1.23 bits per heavy atom. The minimum Gasteiger partial charge on any atom is -0.299 e. The molecule has 0 saturated heterocycles. The monoisotopic (exact) mass is 370 g/mol. The first kappa shape index (κ1) is 36.1. The third-order valence-electron chi connectivity index (χ3n) is 3.77. The molecule has 1 atom stereocenters. The number of hydrogen-bond acceptors (Lipinski definition) is 1. The first-order valence-electron chi connectivity index (χ1n) is 11.2. The van der Waals surface area contributed by atoms with Crippen molar-refractivity contribution in [1.29, 1.82) is 0 Å². The number of allylic oxidation sites excluding steroid dienone is 3. The highest BCUT2D eigenvalue weighted by molar-refractivity contribution is 5.80. The lowest BCUT2D eigenvalue weighted by molar-refractivity contribution is -0.118. The van der Waals surface area contributed by atoms with Crippen molar-refractivity contribution in [3.05, 3.63) is 23.3 Å². The minimum atomic E-state index is 0.332. The van der Waals surface area contributed by atoms with E-state index in [9.17, 15) is 4.79 Å². The highest BCUT2D eigenvalue weighted by Crippen LogP contribution is 2.24. The van der Waals surface area contributed by atoms with Gasteiger partial charge in [0.2, 0.25) is 0 Å². The molecule has 0 aliphatic carbocycles. The summed E-state index contributed by atoms with van der Waals surface area (Å²) < 4.78 is 0. The molecule has 0 aromatic heterocycles. The number of carbonyl (C=O) groups excluding carboxylic acids is 1. The number of ketones is 1. The highest BCUT2D eigenvalue weighted by atomic mass is 16.1. The van der Waals surface area contributed by atoms with Crippen molar-refractivity contribution in [3.8, 4) is 0 Å². The fourth-order valence-electron chi connectivity index (χ4n) is 1.59. The lowest BCUT2D eigenvalue weighted by atomic mass is 9.90. The van der Waals surface area contributed by atoms with Gasteiger partial charge in [-0.3, -0.25) is 4.79 Å². The van der Waals surface area contributed by atoms with Crippen molar-refractivity contribution in [2.24, 2.45) is 5.92 Å². The van der Waals surface area contributed by atoms with E-state index in [1.807, 2.05) is 55.4 Å². The van der Waals surface area contributed by atoms with E-state index in [0.29, 0.717) is 24.5 Å². The molecule has 160 valence electrons. The summed E-state index contributed by atoms with van der Waals surface area (Å²) in [6, 6.07) is 0. The lowest BCUT2D eigenvalue weighted by Crippen LogP contribution is -2.04. The lowest BCUT2D eigenvalue weighted by Gasteiger charge is -2.15. The van der Waals surface area contributed by atoms with Crippen molar-refractivity contribution in [2.75, 3.05) is 0 Å². The molecule has 0 amide bonds. The Balaban J connectivity index is -0.000000123. The summed E-state index contributed by atoms with van der Waals surface area (Å²) in [5.74, 6) is 0.979. The largest absolute Gasteiger partial charge is 0.299 e. The molecule has 0 aromatic rings. The second-order valence-electron chi connectivity index (χ2n) is 5.80. The molecule has 1 nitrogen and oxygen atoms in total. The molecular weight excluding hydrogens is 316 g/mol. The molecule has 0 fully saturated rings. The highest BCUT2D eigenvalue weighted by Gasteiger charge is 2.11. The average Bonchev–Trinajstić information content (AvgIpc) is 2.71. The summed E-state index contributed by atoms with van der Waals surface area (Å²) in [5, 5.41) is 0. The van der Waals surface area contributed by atoms with Crippen LogP contribution in [0.4, 0.5) is 0 Å². The Morgan fingerprint density at radius 3 is 1.46 bits per heavy atom. The minimum absolute atomic E-state index is 0.332. The number of Topliss-reactive ketones (excluding diaryl/α,β-unsaturated/α-hetero) is 1. The predicted octanol–water partition coefficient (Wildman–Crippen LogP) is 9.57. The van der Waals surface area contributed by atoms with Crippen LogP contribution < -0.4 is 0 Å². The topological polar surface area (TPSA) is 17.1 Å². The van der Waals surface area contributed by atoms with Crippen molar-refractivity contribution in [1.82, 2.24) is 0 Å². The smallest absolute Gasteiger partial charge is 0.136 e.